The van der Waals surface area contributed by atoms with Gasteiger partial charge in [-0.05, 0) is 24.4 Å². The minimum absolute atomic E-state index is 0.164. The number of furan rings is 1. The lowest BCUT2D eigenvalue weighted by molar-refractivity contribution is -0.394. The van der Waals surface area contributed by atoms with Crippen LogP contribution in [0, 0.1) is 20.2 Å². The van der Waals surface area contributed by atoms with Gasteiger partial charge >= 0.3 is 0 Å². The molecule has 10 nitrogen and oxygen atoms in total. The van der Waals surface area contributed by atoms with E-state index in [9.17, 15) is 25.0 Å². The molecule has 25 heavy (non-hydrogen) atoms. The number of nitrogens with zero attached hydrogens (tertiary/aromatic N) is 2. The van der Waals surface area contributed by atoms with Crippen molar-refractivity contribution in [1.82, 2.24) is 10.6 Å². The monoisotopic (exact) mass is 360 g/mol. The summed E-state index contributed by atoms with van der Waals surface area (Å²) in [7, 11) is 0. The highest BCUT2D eigenvalue weighted by molar-refractivity contribution is 7.80. The Morgan fingerprint density at radius 1 is 1.04 bits per heavy atom. The quantitative estimate of drug-likeness (QED) is 0.365. The molecule has 2 N–H and O–H groups in total. The predicted octanol–water partition coefficient (Wildman–Crippen LogP) is 2.11. The molecule has 0 spiro atoms. The van der Waals surface area contributed by atoms with Crippen molar-refractivity contribution in [3.05, 3.63) is 62.0 Å². The summed E-state index contributed by atoms with van der Waals surface area (Å²) in [5.41, 5.74) is -0.508. The standard InChI is InChI=1S/C14H8N4O6S/c19-13-11(15-14(25)16-13)6-10-1-2-12(24-10)7-3-8(17(20)21)5-9(4-7)18(22)23/h1-6H,(H2,15,16,19,25). The molecule has 2 aromatic rings. The highest BCUT2D eigenvalue weighted by Gasteiger charge is 2.21. The van der Waals surface area contributed by atoms with E-state index in [1.165, 1.54) is 30.3 Å². The molecule has 0 atom stereocenters. The van der Waals surface area contributed by atoms with E-state index in [-0.39, 0.29) is 27.9 Å². The molecule has 1 aromatic heterocycles. The van der Waals surface area contributed by atoms with Crippen LogP contribution >= 0.6 is 12.2 Å². The van der Waals surface area contributed by atoms with Crippen LogP contribution in [-0.2, 0) is 4.79 Å². The average Bonchev–Trinajstić information content (AvgIpc) is 3.14. The van der Waals surface area contributed by atoms with Crippen LogP contribution in [0.2, 0.25) is 0 Å². The van der Waals surface area contributed by atoms with E-state index in [0.29, 0.717) is 0 Å². The van der Waals surface area contributed by atoms with Gasteiger partial charge in [0.05, 0.1) is 15.9 Å². The van der Waals surface area contributed by atoms with Gasteiger partial charge in [-0.2, -0.15) is 0 Å². The number of carbonyl (C=O) groups excluding carboxylic acids is 1. The fourth-order valence-electron chi connectivity index (χ4n) is 2.16. The number of thiocarbonyl (C=S) groups is 1. The first-order valence-corrected chi connectivity index (χ1v) is 7.12. The van der Waals surface area contributed by atoms with Gasteiger partial charge in [0, 0.05) is 23.8 Å². The summed E-state index contributed by atoms with van der Waals surface area (Å²) in [4.78, 5) is 32.0. The van der Waals surface area contributed by atoms with Gasteiger partial charge in [0.2, 0.25) is 0 Å². The summed E-state index contributed by atoms with van der Waals surface area (Å²) < 4.78 is 5.50. The van der Waals surface area contributed by atoms with Gasteiger partial charge in [-0.25, -0.2) is 0 Å². The molecular weight excluding hydrogens is 352 g/mol. The molecule has 0 bridgehead atoms. The van der Waals surface area contributed by atoms with Crippen LogP contribution in [0.5, 0.6) is 0 Å². The van der Waals surface area contributed by atoms with E-state index in [0.717, 1.165) is 6.07 Å². The maximum Gasteiger partial charge on any atom is 0.277 e. The zero-order valence-corrected chi connectivity index (χ0v) is 13.0. The zero-order valence-electron chi connectivity index (χ0n) is 12.2. The first-order valence-electron chi connectivity index (χ1n) is 6.71. The number of rotatable bonds is 4. The van der Waals surface area contributed by atoms with Crippen LogP contribution in [0.4, 0.5) is 11.4 Å². The number of hydrogen-bond acceptors (Lipinski definition) is 7. The number of amides is 1. The lowest BCUT2D eigenvalue weighted by atomic mass is 10.1. The van der Waals surface area contributed by atoms with Crippen molar-refractivity contribution in [2.75, 3.05) is 0 Å². The van der Waals surface area contributed by atoms with E-state index < -0.39 is 27.1 Å². The number of nitro benzene ring substituents is 2. The first kappa shape index (κ1) is 16.3. The van der Waals surface area contributed by atoms with Crippen molar-refractivity contribution >= 4 is 40.7 Å². The molecule has 11 heteroatoms. The van der Waals surface area contributed by atoms with Crippen molar-refractivity contribution < 1.29 is 19.1 Å². The van der Waals surface area contributed by atoms with Gasteiger partial charge in [0.15, 0.2) is 5.11 Å². The van der Waals surface area contributed by atoms with E-state index in [4.69, 9.17) is 16.6 Å². The Balaban J connectivity index is 1.98. The summed E-state index contributed by atoms with van der Waals surface area (Å²) in [6.45, 7) is 0. The molecule has 3 rings (SSSR count). The summed E-state index contributed by atoms with van der Waals surface area (Å²) in [5, 5.41) is 27.1. The Kier molecular flexibility index (Phi) is 3.99. The first-order chi connectivity index (χ1) is 11.8. The van der Waals surface area contributed by atoms with Crippen LogP contribution in [0.3, 0.4) is 0 Å². The topological polar surface area (TPSA) is 141 Å². The third-order valence-electron chi connectivity index (χ3n) is 3.24. The van der Waals surface area contributed by atoms with Crippen molar-refractivity contribution in [3.8, 4) is 11.3 Å². The Labute approximate surface area is 144 Å². The number of nitro groups is 2. The van der Waals surface area contributed by atoms with Gasteiger partial charge in [0.1, 0.15) is 17.2 Å². The van der Waals surface area contributed by atoms with Gasteiger partial charge in [-0.15, -0.1) is 0 Å². The Hall–Kier alpha value is -3.60. The molecule has 126 valence electrons. The van der Waals surface area contributed by atoms with Crippen LogP contribution in [0.1, 0.15) is 5.76 Å². The summed E-state index contributed by atoms with van der Waals surface area (Å²) in [6.07, 6.45) is 1.39. The second kappa shape index (κ2) is 6.13. The molecule has 1 aromatic carbocycles. The van der Waals surface area contributed by atoms with E-state index in [1.54, 1.807) is 0 Å². The Bertz CT molecular complexity index is 932. The van der Waals surface area contributed by atoms with E-state index in [2.05, 4.69) is 10.6 Å². The summed E-state index contributed by atoms with van der Waals surface area (Å²) in [5.74, 6) is 0.0278. The molecule has 0 saturated carbocycles. The zero-order chi connectivity index (χ0) is 18.1. The molecule has 0 radical (unpaired) electrons. The van der Waals surface area contributed by atoms with Gasteiger partial charge in [0.25, 0.3) is 17.3 Å². The fourth-order valence-corrected chi connectivity index (χ4v) is 2.36. The summed E-state index contributed by atoms with van der Waals surface area (Å²) >= 11 is 4.81. The number of non-ortho nitro benzene ring substituents is 2. The van der Waals surface area contributed by atoms with Crippen LogP contribution in [0.25, 0.3) is 17.4 Å². The highest BCUT2D eigenvalue weighted by atomic mass is 32.1. The lowest BCUT2D eigenvalue weighted by Gasteiger charge is -1.99. The molecular formula is C14H8N4O6S. The third-order valence-corrected chi connectivity index (χ3v) is 3.45. The normalized spacial score (nSPS) is 15.1. The maximum absolute atomic E-state index is 11.6. The average molecular weight is 360 g/mol. The predicted molar refractivity (Wildman–Crippen MR) is 89.3 cm³/mol. The molecule has 1 fully saturated rings. The van der Waals surface area contributed by atoms with Gasteiger partial charge in [-0.1, -0.05) is 0 Å². The van der Waals surface area contributed by atoms with Gasteiger partial charge in [-0.3, -0.25) is 30.3 Å². The van der Waals surface area contributed by atoms with Crippen molar-refractivity contribution in [3.63, 3.8) is 0 Å². The number of carbonyl (C=O) groups is 1. The molecule has 1 aliphatic rings. The smallest absolute Gasteiger partial charge is 0.277 e. The SMILES string of the molecule is O=C1NC(=S)NC1=Cc1ccc(-c2cc([N+](=O)[O-])cc([N+](=O)[O-])c2)o1. The molecule has 1 amide bonds. The maximum atomic E-state index is 11.6. The summed E-state index contributed by atoms with van der Waals surface area (Å²) in [6, 6.07) is 6.20. The minimum Gasteiger partial charge on any atom is -0.457 e. The second-order valence-electron chi connectivity index (χ2n) is 4.92. The Morgan fingerprint density at radius 2 is 1.68 bits per heavy atom. The molecule has 1 aliphatic heterocycles. The molecule has 1 saturated heterocycles. The fraction of sp³-hybridized carbons (Fsp3) is 0. The van der Waals surface area contributed by atoms with E-state index >= 15 is 0 Å². The Morgan fingerprint density at radius 3 is 2.20 bits per heavy atom. The van der Waals surface area contributed by atoms with Crippen molar-refractivity contribution in [2.24, 2.45) is 0 Å². The second-order valence-corrected chi connectivity index (χ2v) is 5.33. The van der Waals surface area contributed by atoms with Crippen molar-refractivity contribution in [1.29, 1.82) is 0 Å². The molecule has 2 heterocycles. The van der Waals surface area contributed by atoms with E-state index in [1.807, 2.05) is 0 Å². The number of nitrogens with one attached hydrogen (secondary N) is 2. The molecule has 0 aliphatic carbocycles. The largest absolute Gasteiger partial charge is 0.457 e. The number of hydrogen-bond donors (Lipinski definition) is 2. The van der Waals surface area contributed by atoms with Crippen molar-refractivity contribution in [2.45, 2.75) is 0 Å². The number of benzene rings is 1. The van der Waals surface area contributed by atoms with Crippen LogP contribution < -0.4 is 10.6 Å². The lowest BCUT2D eigenvalue weighted by Crippen LogP contribution is -2.21. The minimum atomic E-state index is -0.726. The van der Waals surface area contributed by atoms with Gasteiger partial charge < -0.3 is 9.73 Å². The highest BCUT2D eigenvalue weighted by Crippen LogP contribution is 2.31. The third kappa shape index (κ3) is 3.35. The van der Waals surface area contributed by atoms with Crippen LogP contribution in [-0.4, -0.2) is 20.9 Å². The van der Waals surface area contributed by atoms with Crippen LogP contribution in [0.15, 0.2) is 40.4 Å². The molecule has 0 unspecified atom stereocenters.